The van der Waals surface area contributed by atoms with Crippen molar-refractivity contribution >= 4 is 17.7 Å². The molecule has 1 aromatic heterocycles. The second kappa shape index (κ2) is 5.17. The van der Waals surface area contributed by atoms with E-state index in [0.717, 1.165) is 5.82 Å². The maximum absolute atomic E-state index is 4.39. The first-order chi connectivity index (χ1) is 10.1. The summed E-state index contributed by atoms with van der Waals surface area (Å²) >= 11 is 0. The monoisotopic (exact) mass is 277 g/mol. The average Bonchev–Trinajstić information content (AvgIpc) is 2.70. The topological polar surface area (TPSA) is 28.5 Å². The molecule has 3 rings (SSSR count). The first-order valence-electron chi connectivity index (χ1n) is 7.10. The summed E-state index contributed by atoms with van der Waals surface area (Å²) in [6.45, 7) is 4.49. The van der Waals surface area contributed by atoms with Crippen molar-refractivity contribution in [2.75, 3.05) is 11.9 Å². The van der Waals surface area contributed by atoms with Gasteiger partial charge in [0.05, 0.1) is 0 Å². The number of pyridine rings is 1. The van der Waals surface area contributed by atoms with E-state index in [1.54, 1.807) is 6.20 Å². The summed E-state index contributed by atoms with van der Waals surface area (Å²) in [5, 5.41) is 0. The van der Waals surface area contributed by atoms with E-state index in [-0.39, 0.29) is 5.41 Å². The molecule has 2 heterocycles. The standard InChI is InChI=1S/C18H19N3/c1-18(2)14-8-4-5-9-15(14)21(3)16(18)11-13-20-17-10-6-7-12-19-17/h4-13H,1-3H3/b16-11-,20-13?. The number of aliphatic imine (C=N–C) groups is 1. The number of fused-ring (bicyclic) bond motifs is 1. The van der Waals surface area contributed by atoms with E-state index in [4.69, 9.17) is 0 Å². The van der Waals surface area contributed by atoms with Gasteiger partial charge in [-0.3, -0.25) is 0 Å². The molecule has 0 fully saturated rings. The van der Waals surface area contributed by atoms with Crippen LogP contribution in [0.25, 0.3) is 0 Å². The quantitative estimate of drug-likeness (QED) is 0.773. The Morgan fingerprint density at radius 3 is 2.57 bits per heavy atom. The predicted octanol–water partition coefficient (Wildman–Crippen LogP) is 4.10. The van der Waals surface area contributed by atoms with Crippen LogP contribution < -0.4 is 4.90 Å². The Morgan fingerprint density at radius 1 is 1.10 bits per heavy atom. The van der Waals surface area contributed by atoms with E-state index in [2.05, 4.69) is 66.1 Å². The molecule has 106 valence electrons. The lowest BCUT2D eigenvalue weighted by Gasteiger charge is -2.23. The molecule has 0 amide bonds. The van der Waals surface area contributed by atoms with Gasteiger partial charge in [0.15, 0.2) is 5.82 Å². The van der Waals surface area contributed by atoms with Crippen molar-refractivity contribution in [1.29, 1.82) is 0 Å². The van der Waals surface area contributed by atoms with Crippen LogP contribution in [-0.4, -0.2) is 18.2 Å². The van der Waals surface area contributed by atoms with Crippen molar-refractivity contribution in [3.63, 3.8) is 0 Å². The minimum absolute atomic E-state index is 0.0124. The number of aromatic nitrogens is 1. The van der Waals surface area contributed by atoms with Crippen LogP contribution in [0.1, 0.15) is 19.4 Å². The molecule has 0 saturated carbocycles. The maximum Gasteiger partial charge on any atom is 0.151 e. The Labute approximate surface area is 125 Å². The Hall–Kier alpha value is -2.42. The lowest BCUT2D eigenvalue weighted by atomic mass is 9.84. The molecule has 2 aromatic rings. The summed E-state index contributed by atoms with van der Waals surface area (Å²) in [6.07, 6.45) is 5.66. The highest BCUT2D eigenvalue weighted by atomic mass is 15.2. The molecule has 0 N–H and O–H groups in total. The van der Waals surface area contributed by atoms with Crippen LogP contribution in [0.3, 0.4) is 0 Å². The summed E-state index contributed by atoms with van der Waals surface area (Å²) in [5.74, 6) is 0.727. The fraction of sp³-hybridized carbons (Fsp3) is 0.222. The molecule has 0 bridgehead atoms. The third-order valence-corrected chi connectivity index (χ3v) is 4.03. The van der Waals surface area contributed by atoms with Crippen molar-refractivity contribution in [3.8, 4) is 0 Å². The van der Waals surface area contributed by atoms with Gasteiger partial charge in [0.25, 0.3) is 0 Å². The molecule has 1 aliphatic rings. The number of hydrogen-bond donors (Lipinski definition) is 0. The molecule has 0 saturated heterocycles. The van der Waals surface area contributed by atoms with E-state index in [1.807, 2.05) is 24.4 Å². The lowest BCUT2D eigenvalue weighted by molar-refractivity contribution is 0.641. The van der Waals surface area contributed by atoms with Crippen molar-refractivity contribution in [2.24, 2.45) is 4.99 Å². The number of benzene rings is 1. The highest BCUT2D eigenvalue weighted by Gasteiger charge is 2.37. The van der Waals surface area contributed by atoms with Crippen molar-refractivity contribution in [2.45, 2.75) is 19.3 Å². The largest absolute Gasteiger partial charge is 0.347 e. The van der Waals surface area contributed by atoms with Crippen LogP contribution in [0.5, 0.6) is 0 Å². The third kappa shape index (κ3) is 2.35. The van der Waals surface area contributed by atoms with E-state index >= 15 is 0 Å². The fourth-order valence-electron chi connectivity index (χ4n) is 2.92. The summed E-state index contributed by atoms with van der Waals surface area (Å²) in [5.41, 5.74) is 3.84. The van der Waals surface area contributed by atoms with Gasteiger partial charge in [0.1, 0.15) is 0 Å². The number of para-hydroxylation sites is 1. The number of hydrogen-bond acceptors (Lipinski definition) is 3. The molecule has 0 aliphatic carbocycles. The highest BCUT2D eigenvalue weighted by Crippen LogP contribution is 2.46. The SMILES string of the molecule is CN1/C(=C\C=Nc2ccccn2)C(C)(C)c2ccccc21. The van der Waals surface area contributed by atoms with Crippen LogP contribution in [-0.2, 0) is 5.41 Å². The number of nitrogens with zero attached hydrogens (tertiary/aromatic N) is 3. The van der Waals surface area contributed by atoms with E-state index in [1.165, 1.54) is 16.9 Å². The third-order valence-electron chi connectivity index (χ3n) is 4.03. The molecule has 0 atom stereocenters. The second-order valence-electron chi connectivity index (χ2n) is 5.72. The van der Waals surface area contributed by atoms with Crippen molar-refractivity contribution < 1.29 is 0 Å². The Morgan fingerprint density at radius 2 is 1.86 bits per heavy atom. The van der Waals surface area contributed by atoms with Gasteiger partial charge in [0, 0.05) is 36.3 Å². The number of anilines is 1. The van der Waals surface area contributed by atoms with E-state index in [9.17, 15) is 0 Å². The molecule has 0 spiro atoms. The predicted molar refractivity (Wildman–Crippen MR) is 88.3 cm³/mol. The smallest absolute Gasteiger partial charge is 0.151 e. The summed E-state index contributed by atoms with van der Waals surface area (Å²) in [4.78, 5) is 10.8. The Kier molecular flexibility index (Phi) is 3.34. The van der Waals surface area contributed by atoms with Crippen LogP contribution in [0.4, 0.5) is 11.5 Å². The summed E-state index contributed by atoms with van der Waals surface area (Å²) in [7, 11) is 2.11. The van der Waals surface area contributed by atoms with Crippen LogP contribution in [0.15, 0.2) is 65.4 Å². The highest BCUT2D eigenvalue weighted by molar-refractivity contribution is 5.80. The Bertz CT molecular complexity index is 699. The van der Waals surface area contributed by atoms with Crippen molar-refractivity contribution in [1.82, 2.24) is 4.98 Å². The fourth-order valence-corrected chi connectivity index (χ4v) is 2.92. The normalized spacial score (nSPS) is 18.4. The minimum Gasteiger partial charge on any atom is -0.347 e. The van der Waals surface area contributed by atoms with Gasteiger partial charge in [-0.05, 0) is 29.8 Å². The molecule has 0 radical (unpaired) electrons. The molecule has 3 heteroatoms. The van der Waals surface area contributed by atoms with Crippen LogP contribution >= 0.6 is 0 Å². The van der Waals surface area contributed by atoms with Gasteiger partial charge in [0.2, 0.25) is 0 Å². The van der Waals surface area contributed by atoms with Gasteiger partial charge < -0.3 is 4.90 Å². The van der Waals surface area contributed by atoms with Gasteiger partial charge in [-0.25, -0.2) is 9.98 Å². The molecule has 1 aromatic carbocycles. The Balaban J connectivity index is 1.93. The average molecular weight is 277 g/mol. The minimum atomic E-state index is -0.0124. The first kappa shape index (κ1) is 13.6. The lowest BCUT2D eigenvalue weighted by Crippen LogP contribution is -2.23. The maximum atomic E-state index is 4.39. The van der Waals surface area contributed by atoms with Gasteiger partial charge in [-0.15, -0.1) is 0 Å². The summed E-state index contributed by atoms with van der Waals surface area (Å²) < 4.78 is 0. The second-order valence-corrected chi connectivity index (χ2v) is 5.72. The van der Waals surface area contributed by atoms with E-state index < -0.39 is 0 Å². The first-order valence-corrected chi connectivity index (χ1v) is 7.10. The van der Waals surface area contributed by atoms with Crippen LogP contribution in [0, 0.1) is 0 Å². The van der Waals surface area contributed by atoms with E-state index in [0.29, 0.717) is 0 Å². The van der Waals surface area contributed by atoms with Gasteiger partial charge >= 0.3 is 0 Å². The van der Waals surface area contributed by atoms with Crippen molar-refractivity contribution in [3.05, 3.63) is 66.0 Å². The molecule has 0 unspecified atom stereocenters. The molecular formula is C18H19N3. The van der Waals surface area contributed by atoms with Crippen LogP contribution in [0.2, 0.25) is 0 Å². The molecular weight excluding hydrogens is 258 g/mol. The zero-order valence-electron chi connectivity index (χ0n) is 12.6. The number of likely N-dealkylation sites (N-methyl/N-ethyl adjacent to an activating group) is 1. The van der Waals surface area contributed by atoms with Gasteiger partial charge in [-0.2, -0.15) is 0 Å². The number of rotatable bonds is 2. The molecule has 21 heavy (non-hydrogen) atoms. The molecule has 1 aliphatic heterocycles. The summed E-state index contributed by atoms with van der Waals surface area (Å²) in [6, 6.07) is 14.3. The van der Waals surface area contributed by atoms with Gasteiger partial charge in [-0.1, -0.05) is 38.1 Å². The zero-order valence-corrected chi connectivity index (χ0v) is 12.6. The number of allylic oxidation sites excluding steroid dienone is 2. The molecule has 3 nitrogen and oxygen atoms in total. The zero-order chi connectivity index (χ0) is 14.9.